The lowest BCUT2D eigenvalue weighted by molar-refractivity contribution is -0.131. The molecule has 0 unspecified atom stereocenters. The van der Waals surface area contributed by atoms with Crippen LogP contribution in [0.3, 0.4) is 0 Å². The highest BCUT2D eigenvalue weighted by Gasteiger charge is 2.24. The fraction of sp³-hybridized carbons (Fsp3) is 0.550. The average Bonchev–Trinajstić information content (AvgIpc) is 3.03. The van der Waals surface area contributed by atoms with Crippen molar-refractivity contribution >= 4 is 17.7 Å². The van der Waals surface area contributed by atoms with E-state index in [9.17, 15) is 4.79 Å². The van der Waals surface area contributed by atoms with Gasteiger partial charge in [-0.2, -0.15) is 0 Å². The van der Waals surface area contributed by atoms with Crippen LogP contribution < -0.4 is 0 Å². The first-order valence-corrected chi connectivity index (χ1v) is 10.5. The van der Waals surface area contributed by atoms with Crippen LogP contribution in [-0.4, -0.2) is 43.9 Å². The second-order valence-electron chi connectivity index (χ2n) is 6.99. The third-order valence-corrected chi connectivity index (χ3v) is 6.15. The molecule has 0 atom stereocenters. The maximum absolute atomic E-state index is 12.7. The standard InChI is InChI=1S/C20H28N4OS/c1-4-24(17-8-6-5-7-9-17)18(25)14-26-20-22-21-19(23(20)3)16-12-10-15(2)11-13-16/h10-13,17H,4-9,14H2,1-3H3. The Morgan fingerprint density at radius 3 is 2.54 bits per heavy atom. The van der Waals surface area contributed by atoms with Crippen molar-refractivity contribution in [3.8, 4) is 11.4 Å². The number of nitrogens with zero attached hydrogens (tertiary/aromatic N) is 4. The molecule has 0 saturated heterocycles. The molecule has 0 radical (unpaired) electrons. The summed E-state index contributed by atoms with van der Waals surface area (Å²) in [6.45, 7) is 4.94. The molecule has 6 heteroatoms. The predicted molar refractivity (Wildman–Crippen MR) is 106 cm³/mol. The van der Waals surface area contributed by atoms with Gasteiger partial charge in [0.1, 0.15) is 0 Å². The summed E-state index contributed by atoms with van der Waals surface area (Å²) in [7, 11) is 1.96. The molecule has 3 rings (SSSR count). The van der Waals surface area contributed by atoms with Gasteiger partial charge in [0.2, 0.25) is 5.91 Å². The van der Waals surface area contributed by atoms with Gasteiger partial charge < -0.3 is 9.47 Å². The zero-order valence-electron chi connectivity index (χ0n) is 15.9. The minimum Gasteiger partial charge on any atom is -0.339 e. The van der Waals surface area contributed by atoms with E-state index in [0.29, 0.717) is 11.8 Å². The summed E-state index contributed by atoms with van der Waals surface area (Å²) < 4.78 is 1.97. The number of rotatable bonds is 6. The van der Waals surface area contributed by atoms with Crippen molar-refractivity contribution in [2.24, 2.45) is 7.05 Å². The van der Waals surface area contributed by atoms with Crippen molar-refractivity contribution in [1.29, 1.82) is 0 Å². The zero-order valence-corrected chi connectivity index (χ0v) is 16.8. The highest BCUT2D eigenvalue weighted by atomic mass is 32.2. The van der Waals surface area contributed by atoms with Gasteiger partial charge in [0.05, 0.1) is 5.75 Å². The van der Waals surface area contributed by atoms with Crippen molar-refractivity contribution in [2.45, 2.75) is 57.1 Å². The second-order valence-corrected chi connectivity index (χ2v) is 7.93. The number of amides is 1. The zero-order chi connectivity index (χ0) is 18.5. The number of carbonyl (C=O) groups excluding carboxylic acids is 1. The topological polar surface area (TPSA) is 51.0 Å². The van der Waals surface area contributed by atoms with E-state index in [1.54, 1.807) is 0 Å². The average molecular weight is 373 g/mol. The van der Waals surface area contributed by atoms with Gasteiger partial charge in [-0.3, -0.25) is 4.79 Å². The van der Waals surface area contributed by atoms with E-state index in [1.807, 2.05) is 11.6 Å². The van der Waals surface area contributed by atoms with Crippen LogP contribution >= 0.6 is 11.8 Å². The van der Waals surface area contributed by atoms with Crippen LogP contribution in [0.5, 0.6) is 0 Å². The Hall–Kier alpha value is -1.82. The monoisotopic (exact) mass is 372 g/mol. The Kier molecular flexibility index (Phi) is 6.35. The fourth-order valence-corrected chi connectivity index (χ4v) is 4.43. The molecule has 1 fully saturated rings. The van der Waals surface area contributed by atoms with Crippen molar-refractivity contribution in [3.63, 3.8) is 0 Å². The molecular formula is C20H28N4OS. The Morgan fingerprint density at radius 2 is 1.88 bits per heavy atom. The van der Waals surface area contributed by atoms with E-state index >= 15 is 0 Å². The third-order valence-electron chi connectivity index (χ3n) is 5.15. The first kappa shape index (κ1) is 19.0. The normalized spacial score (nSPS) is 15.2. The van der Waals surface area contributed by atoms with Crippen LogP contribution in [0.25, 0.3) is 11.4 Å². The number of benzene rings is 1. The van der Waals surface area contributed by atoms with Gasteiger partial charge in [-0.05, 0) is 26.7 Å². The molecule has 1 saturated carbocycles. The molecule has 1 aliphatic rings. The van der Waals surface area contributed by atoms with Crippen LogP contribution in [0.4, 0.5) is 0 Å². The molecule has 2 aromatic rings. The summed E-state index contributed by atoms with van der Waals surface area (Å²) in [4.78, 5) is 14.8. The van der Waals surface area contributed by atoms with E-state index in [2.05, 4.69) is 53.2 Å². The van der Waals surface area contributed by atoms with Gasteiger partial charge in [0.15, 0.2) is 11.0 Å². The molecule has 26 heavy (non-hydrogen) atoms. The number of thioether (sulfide) groups is 1. The van der Waals surface area contributed by atoms with Gasteiger partial charge in [-0.25, -0.2) is 0 Å². The van der Waals surface area contributed by atoms with Crippen LogP contribution in [0.2, 0.25) is 0 Å². The summed E-state index contributed by atoms with van der Waals surface area (Å²) >= 11 is 1.48. The van der Waals surface area contributed by atoms with E-state index in [1.165, 1.54) is 36.6 Å². The third kappa shape index (κ3) is 4.29. The van der Waals surface area contributed by atoms with Crippen molar-refractivity contribution in [1.82, 2.24) is 19.7 Å². The lowest BCUT2D eigenvalue weighted by atomic mass is 9.94. The van der Waals surface area contributed by atoms with E-state index in [-0.39, 0.29) is 5.91 Å². The molecule has 0 bridgehead atoms. The lowest BCUT2D eigenvalue weighted by Crippen LogP contribution is -2.42. The number of hydrogen-bond donors (Lipinski definition) is 0. The molecule has 0 aliphatic heterocycles. The number of aryl methyl sites for hydroxylation is 1. The maximum atomic E-state index is 12.7. The van der Waals surface area contributed by atoms with Crippen LogP contribution in [-0.2, 0) is 11.8 Å². The Labute approximate surface area is 160 Å². The molecule has 1 aromatic heterocycles. The second kappa shape index (κ2) is 8.71. The molecule has 1 aromatic carbocycles. The lowest BCUT2D eigenvalue weighted by Gasteiger charge is -2.33. The molecule has 1 heterocycles. The summed E-state index contributed by atoms with van der Waals surface area (Å²) in [5, 5.41) is 9.39. The van der Waals surface area contributed by atoms with Crippen LogP contribution in [0.1, 0.15) is 44.6 Å². The summed E-state index contributed by atoms with van der Waals surface area (Å²) in [5.41, 5.74) is 2.26. The van der Waals surface area contributed by atoms with Gasteiger partial charge in [0, 0.05) is 25.2 Å². The molecule has 140 valence electrons. The van der Waals surface area contributed by atoms with E-state index in [4.69, 9.17) is 0 Å². The molecule has 5 nitrogen and oxygen atoms in total. The fourth-order valence-electron chi connectivity index (χ4n) is 3.63. The first-order valence-electron chi connectivity index (χ1n) is 9.49. The molecular weight excluding hydrogens is 344 g/mol. The van der Waals surface area contributed by atoms with Gasteiger partial charge >= 0.3 is 0 Å². The first-order chi connectivity index (χ1) is 12.6. The smallest absolute Gasteiger partial charge is 0.233 e. The number of carbonyl (C=O) groups is 1. The van der Waals surface area contributed by atoms with Crippen molar-refractivity contribution in [2.75, 3.05) is 12.3 Å². The number of aromatic nitrogens is 3. The Balaban J connectivity index is 1.64. The number of hydrogen-bond acceptors (Lipinski definition) is 4. The van der Waals surface area contributed by atoms with Crippen molar-refractivity contribution < 1.29 is 4.79 Å². The van der Waals surface area contributed by atoms with Gasteiger partial charge in [-0.15, -0.1) is 10.2 Å². The molecule has 0 N–H and O–H groups in total. The minimum absolute atomic E-state index is 0.212. The minimum atomic E-state index is 0.212. The highest BCUT2D eigenvalue weighted by Crippen LogP contribution is 2.26. The van der Waals surface area contributed by atoms with Crippen LogP contribution in [0.15, 0.2) is 29.4 Å². The Morgan fingerprint density at radius 1 is 1.19 bits per heavy atom. The van der Waals surface area contributed by atoms with Gasteiger partial charge in [0.25, 0.3) is 0 Å². The van der Waals surface area contributed by atoms with E-state index < -0.39 is 0 Å². The summed E-state index contributed by atoms with van der Waals surface area (Å²) in [5.74, 6) is 1.47. The van der Waals surface area contributed by atoms with Gasteiger partial charge in [-0.1, -0.05) is 60.9 Å². The SMILES string of the molecule is CCN(C(=O)CSc1nnc(-c2ccc(C)cc2)n1C)C1CCCCC1. The molecule has 1 aliphatic carbocycles. The maximum Gasteiger partial charge on any atom is 0.233 e. The largest absolute Gasteiger partial charge is 0.339 e. The predicted octanol–water partition coefficient (Wildman–Crippen LogP) is 4.06. The summed E-state index contributed by atoms with van der Waals surface area (Å²) in [6, 6.07) is 8.68. The van der Waals surface area contributed by atoms with E-state index in [0.717, 1.165) is 35.9 Å². The quantitative estimate of drug-likeness (QED) is 0.718. The Bertz CT molecular complexity index is 735. The molecule has 0 spiro atoms. The van der Waals surface area contributed by atoms with Crippen molar-refractivity contribution in [3.05, 3.63) is 29.8 Å². The highest BCUT2D eigenvalue weighted by molar-refractivity contribution is 7.99. The molecule has 1 amide bonds. The van der Waals surface area contributed by atoms with Crippen LogP contribution in [0, 0.1) is 6.92 Å². The summed E-state index contributed by atoms with van der Waals surface area (Å²) in [6.07, 6.45) is 6.07.